The molecule has 0 spiro atoms. The molecular formula is C4H3NO3. The second-order valence-corrected chi connectivity index (χ2v) is 1.36. The Morgan fingerprint density at radius 1 is 1.50 bits per heavy atom. The zero-order valence-corrected chi connectivity index (χ0v) is 3.84. The fourth-order valence-electron chi connectivity index (χ4n) is 0.400. The van der Waals surface area contributed by atoms with Crippen LogP contribution in [-0.4, -0.2) is 5.21 Å². The standard InChI is InChI=1S/C4H3NO3/c6-3-1-2(5-8)4(3)7/h1,5,8H. The highest BCUT2D eigenvalue weighted by molar-refractivity contribution is 5.44. The number of nitrogens with one attached hydrogen (secondary N) is 1. The molecule has 0 aliphatic rings. The van der Waals surface area contributed by atoms with Gasteiger partial charge in [-0.2, -0.15) is 0 Å². The summed E-state index contributed by atoms with van der Waals surface area (Å²) in [6.45, 7) is 0. The van der Waals surface area contributed by atoms with Crippen LogP contribution >= 0.6 is 0 Å². The second-order valence-electron chi connectivity index (χ2n) is 1.36. The van der Waals surface area contributed by atoms with E-state index in [0.29, 0.717) is 0 Å². The second kappa shape index (κ2) is 1.41. The third kappa shape index (κ3) is 0.433. The normalized spacial score (nSPS) is 9.62. The Hall–Kier alpha value is -1.16. The molecule has 0 saturated carbocycles. The topological polar surface area (TPSA) is 66.4 Å². The smallest absolute Gasteiger partial charge is 0.251 e. The summed E-state index contributed by atoms with van der Waals surface area (Å²) in [4.78, 5) is 20.2. The number of hydrogen-bond acceptors (Lipinski definition) is 4. The van der Waals surface area contributed by atoms with Crippen molar-refractivity contribution in [1.82, 2.24) is 0 Å². The van der Waals surface area contributed by atoms with Gasteiger partial charge in [0.2, 0.25) is 5.43 Å². The molecule has 0 unspecified atom stereocenters. The van der Waals surface area contributed by atoms with Gasteiger partial charge in [-0.25, -0.2) is 0 Å². The van der Waals surface area contributed by atoms with Crippen molar-refractivity contribution in [1.29, 1.82) is 0 Å². The van der Waals surface area contributed by atoms with E-state index < -0.39 is 10.9 Å². The average molecular weight is 113 g/mol. The molecule has 0 bridgehead atoms. The van der Waals surface area contributed by atoms with Crippen LogP contribution in [0.2, 0.25) is 0 Å². The first-order valence-electron chi connectivity index (χ1n) is 1.96. The van der Waals surface area contributed by atoms with Gasteiger partial charge in [-0.1, -0.05) is 0 Å². The van der Waals surface area contributed by atoms with Gasteiger partial charge in [0.05, 0.1) is 0 Å². The Kier molecular flexibility index (Phi) is 0.881. The summed E-state index contributed by atoms with van der Waals surface area (Å²) in [5, 5.41) is 7.98. The van der Waals surface area contributed by atoms with E-state index in [1.807, 2.05) is 0 Å². The summed E-state index contributed by atoms with van der Waals surface area (Å²) in [7, 11) is 0. The van der Waals surface area contributed by atoms with Crippen LogP contribution in [0.1, 0.15) is 0 Å². The molecule has 2 N–H and O–H groups in total. The van der Waals surface area contributed by atoms with Crippen LogP contribution in [0.15, 0.2) is 15.7 Å². The number of hydrogen-bond donors (Lipinski definition) is 2. The van der Waals surface area contributed by atoms with E-state index in [-0.39, 0.29) is 5.69 Å². The number of rotatable bonds is 1. The molecule has 0 fully saturated rings. The van der Waals surface area contributed by atoms with E-state index in [1.165, 1.54) is 0 Å². The average Bonchev–Trinajstić information content (AvgIpc) is 1.81. The molecule has 0 radical (unpaired) electrons. The minimum atomic E-state index is -0.660. The summed E-state index contributed by atoms with van der Waals surface area (Å²) in [6, 6.07) is 1.03. The van der Waals surface area contributed by atoms with Gasteiger partial charge in [0.25, 0.3) is 5.43 Å². The lowest BCUT2D eigenvalue weighted by Crippen LogP contribution is -2.31. The molecule has 1 aromatic carbocycles. The van der Waals surface area contributed by atoms with E-state index >= 15 is 0 Å². The molecule has 0 aliphatic heterocycles. The highest BCUT2D eigenvalue weighted by Gasteiger charge is 2.05. The quantitative estimate of drug-likeness (QED) is 0.365. The summed E-state index contributed by atoms with van der Waals surface area (Å²) >= 11 is 0. The van der Waals surface area contributed by atoms with Crippen molar-refractivity contribution < 1.29 is 5.21 Å². The van der Waals surface area contributed by atoms with Gasteiger partial charge in [-0.3, -0.25) is 20.3 Å². The molecule has 0 aliphatic carbocycles. The highest BCUT2D eigenvalue weighted by atomic mass is 16.5. The molecule has 0 atom stereocenters. The first-order valence-corrected chi connectivity index (χ1v) is 1.96. The van der Waals surface area contributed by atoms with E-state index in [0.717, 1.165) is 6.07 Å². The third-order valence-electron chi connectivity index (χ3n) is 0.864. The summed E-state index contributed by atoms with van der Waals surface area (Å²) in [6.07, 6.45) is 0. The zero-order chi connectivity index (χ0) is 6.15. The molecule has 0 saturated heterocycles. The minimum Gasteiger partial charge on any atom is -0.291 e. The Morgan fingerprint density at radius 3 is 2.25 bits per heavy atom. The molecule has 42 valence electrons. The van der Waals surface area contributed by atoms with Crippen LogP contribution in [0.5, 0.6) is 0 Å². The van der Waals surface area contributed by atoms with Crippen LogP contribution in [0.4, 0.5) is 5.69 Å². The van der Waals surface area contributed by atoms with E-state index in [2.05, 4.69) is 0 Å². The molecule has 1 aromatic rings. The van der Waals surface area contributed by atoms with Crippen molar-refractivity contribution in [3.05, 3.63) is 26.5 Å². The molecule has 4 nitrogen and oxygen atoms in total. The van der Waals surface area contributed by atoms with Crippen molar-refractivity contribution in [3.8, 4) is 0 Å². The van der Waals surface area contributed by atoms with Gasteiger partial charge in [0.1, 0.15) is 5.69 Å². The van der Waals surface area contributed by atoms with Gasteiger partial charge in [0, 0.05) is 6.07 Å². The van der Waals surface area contributed by atoms with Crippen LogP contribution in [-0.2, 0) is 0 Å². The summed E-state index contributed by atoms with van der Waals surface area (Å²) < 4.78 is 0. The van der Waals surface area contributed by atoms with E-state index in [4.69, 9.17) is 5.21 Å². The van der Waals surface area contributed by atoms with Gasteiger partial charge < -0.3 is 0 Å². The van der Waals surface area contributed by atoms with E-state index in [9.17, 15) is 9.59 Å². The van der Waals surface area contributed by atoms with Crippen molar-refractivity contribution in [2.24, 2.45) is 0 Å². The molecule has 4 heteroatoms. The number of anilines is 1. The van der Waals surface area contributed by atoms with Crippen molar-refractivity contribution in [2.45, 2.75) is 0 Å². The Bertz CT molecular complexity index is 258. The Labute approximate surface area is 44.0 Å². The summed E-state index contributed by atoms with van der Waals surface area (Å²) in [5.41, 5.74) is 0.312. The maximum atomic E-state index is 10.2. The molecule has 0 amide bonds. The third-order valence-corrected chi connectivity index (χ3v) is 0.864. The lowest BCUT2D eigenvalue weighted by molar-refractivity contribution is 0.387. The predicted molar refractivity (Wildman–Crippen MR) is 26.8 cm³/mol. The Balaban J connectivity index is 3.11. The van der Waals surface area contributed by atoms with Gasteiger partial charge in [-0.15, -0.1) is 0 Å². The Morgan fingerprint density at radius 2 is 2.12 bits per heavy atom. The van der Waals surface area contributed by atoms with Crippen molar-refractivity contribution in [3.63, 3.8) is 0 Å². The SMILES string of the molecule is O=c1cc(NO)c1=O. The van der Waals surface area contributed by atoms with Gasteiger partial charge >= 0.3 is 0 Å². The monoisotopic (exact) mass is 113 g/mol. The fourth-order valence-corrected chi connectivity index (χ4v) is 0.400. The molecular weight excluding hydrogens is 110 g/mol. The molecule has 0 aromatic heterocycles. The zero-order valence-electron chi connectivity index (χ0n) is 3.84. The predicted octanol–water partition coefficient (Wildman–Crippen LogP) is -0.916. The van der Waals surface area contributed by atoms with E-state index in [1.54, 1.807) is 5.48 Å². The van der Waals surface area contributed by atoms with Crippen LogP contribution < -0.4 is 16.3 Å². The highest BCUT2D eigenvalue weighted by Crippen LogP contribution is 1.89. The van der Waals surface area contributed by atoms with Crippen LogP contribution in [0, 0.1) is 0 Å². The van der Waals surface area contributed by atoms with Crippen LogP contribution in [0.25, 0.3) is 0 Å². The van der Waals surface area contributed by atoms with Gasteiger partial charge in [-0.05, 0) is 0 Å². The lowest BCUT2D eigenvalue weighted by atomic mass is 10.3. The first kappa shape index (κ1) is 4.99. The molecule has 1 rings (SSSR count). The van der Waals surface area contributed by atoms with Crippen molar-refractivity contribution >= 4 is 5.69 Å². The summed E-state index contributed by atoms with van der Waals surface area (Å²) in [5.74, 6) is 0. The lowest BCUT2D eigenvalue weighted by Gasteiger charge is -1.93. The van der Waals surface area contributed by atoms with Crippen molar-refractivity contribution in [2.75, 3.05) is 5.48 Å². The maximum absolute atomic E-state index is 10.2. The maximum Gasteiger partial charge on any atom is 0.251 e. The molecule has 0 heterocycles. The largest absolute Gasteiger partial charge is 0.291 e. The van der Waals surface area contributed by atoms with Crippen LogP contribution in [0.3, 0.4) is 0 Å². The fraction of sp³-hybridized carbons (Fsp3) is 0. The first-order chi connectivity index (χ1) is 3.75. The minimum absolute atomic E-state index is 0.0324. The van der Waals surface area contributed by atoms with Gasteiger partial charge in [0.15, 0.2) is 0 Å². The molecule has 8 heavy (non-hydrogen) atoms.